The van der Waals surface area contributed by atoms with Gasteiger partial charge in [-0.25, -0.2) is 4.98 Å². The second-order valence-corrected chi connectivity index (χ2v) is 6.81. The van der Waals surface area contributed by atoms with Crippen LogP contribution in [0.15, 0.2) is 18.3 Å². The number of pyridine rings is 1. The maximum absolute atomic E-state index is 4.56. The van der Waals surface area contributed by atoms with E-state index in [1.54, 1.807) is 0 Å². The van der Waals surface area contributed by atoms with Crippen molar-refractivity contribution in [3.05, 3.63) is 23.9 Å². The minimum absolute atomic E-state index is 0.525. The predicted octanol–water partition coefficient (Wildman–Crippen LogP) is 3.60. The first-order chi connectivity index (χ1) is 9.52. The van der Waals surface area contributed by atoms with Crippen LogP contribution in [-0.4, -0.2) is 24.6 Å². The predicted molar refractivity (Wildman–Crippen MR) is 86.1 cm³/mol. The molecular weight excluding hydrogens is 246 g/mol. The number of anilines is 1. The summed E-state index contributed by atoms with van der Waals surface area (Å²) in [6.07, 6.45) is 7.13. The zero-order valence-electron chi connectivity index (χ0n) is 13.4. The lowest BCUT2D eigenvalue weighted by atomic mass is 9.75. The lowest BCUT2D eigenvalue weighted by molar-refractivity contribution is 0.222. The Morgan fingerprint density at radius 1 is 1.35 bits per heavy atom. The van der Waals surface area contributed by atoms with E-state index in [1.165, 1.54) is 31.2 Å². The number of rotatable bonds is 5. The molecule has 0 radical (unpaired) electrons. The van der Waals surface area contributed by atoms with E-state index >= 15 is 0 Å². The fourth-order valence-corrected chi connectivity index (χ4v) is 2.99. The van der Waals surface area contributed by atoms with Crippen LogP contribution in [0.4, 0.5) is 5.82 Å². The molecule has 112 valence electrons. The molecule has 0 aromatic carbocycles. The SMILES string of the molecule is CCNCc1ccnc(N(C)C2CCC(C)(C)CC2)c1. The summed E-state index contributed by atoms with van der Waals surface area (Å²) >= 11 is 0. The van der Waals surface area contributed by atoms with E-state index in [1.807, 2.05) is 6.20 Å². The third-order valence-corrected chi connectivity index (χ3v) is 4.61. The molecule has 0 aliphatic heterocycles. The van der Waals surface area contributed by atoms with Gasteiger partial charge in [-0.05, 0) is 55.3 Å². The van der Waals surface area contributed by atoms with Crippen molar-refractivity contribution in [2.75, 3.05) is 18.5 Å². The van der Waals surface area contributed by atoms with E-state index in [0.717, 1.165) is 18.9 Å². The average molecular weight is 275 g/mol. The number of hydrogen-bond donors (Lipinski definition) is 1. The van der Waals surface area contributed by atoms with Crippen LogP contribution in [0.2, 0.25) is 0 Å². The molecule has 0 amide bonds. The first-order valence-corrected chi connectivity index (χ1v) is 7.90. The molecule has 0 spiro atoms. The number of nitrogens with zero attached hydrogens (tertiary/aromatic N) is 2. The summed E-state index contributed by atoms with van der Waals surface area (Å²) in [5, 5.41) is 3.37. The third-order valence-electron chi connectivity index (χ3n) is 4.61. The van der Waals surface area contributed by atoms with Crippen LogP contribution in [-0.2, 0) is 6.54 Å². The third kappa shape index (κ3) is 3.95. The lowest BCUT2D eigenvalue weighted by Crippen LogP contribution is -2.37. The van der Waals surface area contributed by atoms with Crippen molar-refractivity contribution in [1.82, 2.24) is 10.3 Å². The van der Waals surface area contributed by atoms with Gasteiger partial charge >= 0.3 is 0 Å². The summed E-state index contributed by atoms with van der Waals surface area (Å²) in [6, 6.07) is 4.97. The molecule has 20 heavy (non-hydrogen) atoms. The van der Waals surface area contributed by atoms with Crippen molar-refractivity contribution >= 4 is 5.82 Å². The standard InChI is InChI=1S/C17H29N3/c1-5-18-13-14-8-11-19-16(12-14)20(4)15-6-9-17(2,3)10-7-15/h8,11-12,15,18H,5-7,9-10,13H2,1-4H3. The van der Waals surface area contributed by atoms with Crippen molar-refractivity contribution in [3.8, 4) is 0 Å². The lowest BCUT2D eigenvalue weighted by Gasteiger charge is -2.39. The highest BCUT2D eigenvalue weighted by molar-refractivity contribution is 5.41. The van der Waals surface area contributed by atoms with Gasteiger partial charge in [0.2, 0.25) is 0 Å². The van der Waals surface area contributed by atoms with Gasteiger partial charge in [-0.1, -0.05) is 20.8 Å². The first-order valence-electron chi connectivity index (χ1n) is 7.90. The molecule has 1 aromatic heterocycles. The highest BCUT2D eigenvalue weighted by Crippen LogP contribution is 2.37. The van der Waals surface area contributed by atoms with Crippen molar-refractivity contribution in [2.45, 2.75) is 59.0 Å². The highest BCUT2D eigenvalue weighted by atomic mass is 15.2. The van der Waals surface area contributed by atoms with Crippen LogP contribution >= 0.6 is 0 Å². The molecule has 1 aliphatic carbocycles. The minimum atomic E-state index is 0.525. The van der Waals surface area contributed by atoms with Gasteiger partial charge in [0.25, 0.3) is 0 Å². The minimum Gasteiger partial charge on any atom is -0.357 e. The van der Waals surface area contributed by atoms with Gasteiger partial charge in [0.15, 0.2) is 0 Å². The average Bonchev–Trinajstić information content (AvgIpc) is 2.45. The van der Waals surface area contributed by atoms with E-state index in [-0.39, 0.29) is 0 Å². The van der Waals surface area contributed by atoms with Gasteiger partial charge in [-0.15, -0.1) is 0 Å². The molecule has 3 nitrogen and oxygen atoms in total. The van der Waals surface area contributed by atoms with Gasteiger partial charge in [-0.3, -0.25) is 0 Å². The summed E-state index contributed by atoms with van der Waals surface area (Å²) in [5.74, 6) is 1.12. The monoisotopic (exact) mass is 275 g/mol. The van der Waals surface area contributed by atoms with Gasteiger partial charge in [0, 0.05) is 25.8 Å². The van der Waals surface area contributed by atoms with E-state index in [4.69, 9.17) is 0 Å². The first kappa shape index (κ1) is 15.3. The van der Waals surface area contributed by atoms with E-state index in [0.29, 0.717) is 11.5 Å². The molecule has 3 heteroatoms. The second-order valence-electron chi connectivity index (χ2n) is 6.81. The van der Waals surface area contributed by atoms with Crippen LogP contribution in [0.3, 0.4) is 0 Å². The van der Waals surface area contributed by atoms with Gasteiger partial charge in [0.1, 0.15) is 5.82 Å². The summed E-state index contributed by atoms with van der Waals surface area (Å²) in [6.45, 7) is 8.85. The van der Waals surface area contributed by atoms with Crippen molar-refractivity contribution < 1.29 is 0 Å². The summed E-state index contributed by atoms with van der Waals surface area (Å²) in [7, 11) is 2.20. The molecular formula is C17H29N3. The molecule has 0 atom stereocenters. The normalized spacial score (nSPS) is 19.0. The van der Waals surface area contributed by atoms with Crippen molar-refractivity contribution in [1.29, 1.82) is 0 Å². The molecule has 1 fully saturated rings. The smallest absolute Gasteiger partial charge is 0.128 e. The highest BCUT2D eigenvalue weighted by Gasteiger charge is 2.29. The second kappa shape index (κ2) is 6.57. The molecule has 1 N–H and O–H groups in total. The van der Waals surface area contributed by atoms with Gasteiger partial charge < -0.3 is 10.2 Å². The summed E-state index contributed by atoms with van der Waals surface area (Å²) in [4.78, 5) is 6.94. The van der Waals surface area contributed by atoms with Crippen LogP contribution < -0.4 is 10.2 Å². The van der Waals surface area contributed by atoms with Crippen molar-refractivity contribution in [2.24, 2.45) is 5.41 Å². The summed E-state index contributed by atoms with van der Waals surface area (Å²) in [5.41, 5.74) is 1.84. The molecule has 0 unspecified atom stereocenters. The van der Waals surface area contributed by atoms with Crippen LogP contribution in [0, 0.1) is 5.41 Å². The molecule has 1 heterocycles. The molecule has 1 saturated carbocycles. The van der Waals surface area contributed by atoms with Gasteiger partial charge in [-0.2, -0.15) is 0 Å². The van der Waals surface area contributed by atoms with Crippen LogP contribution in [0.25, 0.3) is 0 Å². The molecule has 0 saturated heterocycles. The fourth-order valence-electron chi connectivity index (χ4n) is 2.99. The molecule has 1 aromatic rings. The fraction of sp³-hybridized carbons (Fsp3) is 0.706. The maximum Gasteiger partial charge on any atom is 0.128 e. The van der Waals surface area contributed by atoms with E-state index < -0.39 is 0 Å². The quantitative estimate of drug-likeness (QED) is 0.890. The van der Waals surface area contributed by atoms with Crippen LogP contribution in [0.5, 0.6) is 0 Å². The molecule has 2 rings (SSSR count). The topological polar surface area (TPSA) is 28.2 Å². The number of hydrogen-bond acceptors (Lipinski definition) is 3. The summed E-state index contributed by atoms with van der Waals surface area (Å²) < 4.78 is 0. The number of aromatic nitrogens is 1. The zero-order chi connectivity index (χ0) is 14.6. The Hall–Kier alpha value is -1.09. The Morgan fingerprint density at radius 3 is 2.70 bits per heavy atom. The van der Waals surface area contributed by atoms with Crippen LogP contribution in [0.1, 0.15) is 52.0 Å². The molecule has 0 bridgehead atoms. The van der Waals surface area contributed by atoms with Crippen molar-refractivity contribution in [3.63, 3.8) is 0 Å². The largest absolute Gasteiger partial charge is 0.357 e. The Labute approximate surface area is 123 Å². The van der Waals surface area contributed by atoms with Gasteiger partial charge in [0.05, 0.1) is 0 Å². The Morgan fingerprint density at radius 2 is 2.05 bits per heavy atom. The number of nitrogens with one attached hydrogen (secondary N) is 1. The van der Waals surface area contributed by atoms with E-state index in [2.05, 4.69) is 55.2 Å². The van der Waals surface area contributed by atoms with E-state index in [9.17, 15) is 0 Å². The Kier molecular flexibility index (Phi) is 5.03. The zero-order valence-corrected chi connectivity index (χ0v) is 13.4. The maximum atomic E-state index is 4.56. The Balaban J connectivity index is 2.00. The Bertz CT molecular complexity index is 418. The molecule has 1 aliphatic rings.